The molecule has 0 spiro atoms. The van der Waals surface area contributed by atoms with Crippen LogP contribution >= 0.6 is 0 Å². The molecule has 30 heavy (non-hydrogen) atoms. The maximum absolute atomic E-state index is 13.0. The number of carbonyl (C=O) groups is 1. The molecule has 0 aliphatic carbocycles. The minimum Gasteiger partial charge on any atom is -0.493 e. The Balaban J connectivity index is 2.05. The third kappa shape index (κ3) is 3.73. The van der Waals surface area contributed by atoms with Crippen LogP contribution in [-0.4, -0.2) is 53.7 Å². The van der Waals surface area contributed by atoms with Gasteiger partial charge in [-0.2, -0.15) is 15.0 Å². The van der Waals surface area contributed by atoms with E-state index in [2.05, 4.69) is 14.4 Å². The number of aromatic hydroxyl groups is 1. The van der Waals surface area contributed by atoms with Gasteiger partial charge in [-0.3, -0.25) is 0 Å². The number of rotatable bonds is 4. The van der Waals surface area contributed by atoms with Crippen molar-refractivity contribution in [2.45, 2.75) is 11.8 Å². The molecule has 1 amide bonds. The van der Waals surface area contributed by atoms with Crippen molar-refractivity contribution in [2.75, 3.05) is 14.1 Å². The number of nitriles is 1. The molecule has 0 aliphatic rings. The minimum absolute atomic E-state index is 0.106. The Morgan fingerprint density at radius 1 is 1.23 bits per heavy atom. The van der Waals surface area contributed by atoms with Crippen LogP contribution in [0.4, 0.5) is 4.79 Å². The number of aryl methyl sites for hydroxylation is 1. The van der Waals surface area contributed by atoms with E-state index >= 15 is 0 Å². The Hall–Kier alpha value is -3.75. The Labute approximate surface area is 173 Å². The lowest BCUT2D eigenvalue weighted by Gasteiger charge is -2.16. The SMILES string of the molecule is Cc1nn(-c2ccc(S(=O)(=NC(=O)O)N(C)C)cn2)c(O)c1-c1ccc(C#N)cc1. The second kappa shape index (κ2) is 7.94. The number of hydrogen-bond donors (Lipinski definition) is 2. The van der Waals surface area contributed by atoms with Gasteiger partial charge < -0.3 is 10.2 Å². The molecule has 11 heteroatoms. The third-order valence-corrected chi connectivity index (χ3v) is 6.53. The van der Waals surface area contributed by atoms with Crippen molar-refractivity contribution in [1.82, 2.24) is 19.1 Å². The molecule has 0 fully saturated rings. The van der Waals surface area contributed by atoms with E-state index in [4.69, 9.17) is 10.4 Å². The average Bonchev–Trinajstić information content (AvgIpc) is 3.01. The lowest BCUT2D eigenvalue weighted by Crippen LogP contribution is -2.23. The summed E-state index contributed by atoms with van der Waals surface area (Å²) in [4.78, 5) is 15.3. The minimum atomic E-state index is -3.37. The molecule has 3 aromatic rings. The van der Waals surface area contributed by atoms with E-state index in [0.29, 0.717) is 22.4 Å². The van der Waals surface area contributed by atoms with Gasteiger partial charge in [0.05, 0.1) is 27.8 Å². The monoisotopic (exact) mass is 426 g/mol. The van der Waals surface area contributed by atoms with Crippen LogP contribution in [-0.2, 0) is 9.92 Å². The summed E-state index contributed by atoms with van der Waals surface area (Å²) in [5, 5.41) is 32.9. The zero-order valence-electron chi connectivity index (χ0n) is 16.3. The van der Waals surface area contributed by atoms with Gasteiger partial charge in [0, 0.05) is 20.3 Å². The first kappa shape index (κ1) is 21.0. The molecule has 2 N–H and O–H groups in total. The van der Waals surface area contributed by atoms with Crippen molar-refractivity contribution in [2.24, 2.45) is 4.36 Å². The number of amides is 1. The van der Waals surface area contributed by atoms with Crippen LogP contribution < -0.4 is 0 Å². The summed E-state index contributed by atoms with van der Waals surface area (Å²) in [6, 6.07) is 11.6. The van der Waals surface area contributed by atoms with E-state index in [9.17, 15) is 14.1 Å². The van der Waals surface area contributed by atoms with E-state index in [1.807, 2.05) is 6.07 Å². The molecule has 1 unspecified atom stereocenters. The lowest BCUT2D eigenvalue weighted by atomic mass is 10.0. The van der Waals surface area contributed by atoms with Gasteiger partial charge in [0.25, 0.3) is 0 Å². The first-order valence-electron chi connectivity index (χ1n) is 8.60. The molecule has 0 radical (unpaired) electrons. The summed E-state index contributed by atoms with van der Waals surface area (Å²) < 4.78 is 18.7. The third-order valence-electron chi connectivity index (χ3n) is 4.28. The van der Waals surface area contributed by atoms with Gasteiger partial charge >= 0.3 is 6.09 Å². The summed E-state index contributed by atoms with van der Waals surface area (Å²) in [7, 11) is -0.460. The second-order valence-electron chi connectivity index (χ2n) is 6.42. The Morgan fingerprint density at radius 2 is 1.90 bits per heavy atom. The molecule has 0 saturated carbocycles. The molecular formula is C19H18N6O4S. The first-order chi connectivity index (χ1) is 14.2. The number of nitrogens with zero attached hydrogens (tertiary/aromatic N) is 6. The molecule has 0 saturated heterocycles. The van der Waals surface area contributed by atoms with Crippen molar-refractivity contribution in [3.05, 3.63) is 53.9 Å². The van der Waals surface area contributed by atoms with Gasteiger partial charge in [0.2, 0.25) is 5.88 Å². The normalized spacial score (nSPS) is 12.9. The van der Waals surface area contributed by atoms with Crippen LogP contribution in [0.5, 0.6) is 5.88 Å². The molecule has 2 heterocycles. The van der Waals surface area contributed by atoms with Crippen LogP contribution in [0.15, 0.2) is 51.9 Å². The van der Waals surface area contributed by atoms with E-state index in [1.54, 1.807) is 31.2 Å². The van der Waals surface area contributed by atoms with E-state index in [0.717, 1.165) is 0 Å². The summed E-state index contributed by atoms with van der Waals surface area (Å²) in [6.07, 6.45) is -0.313. The lowest BCUT2D eigenvalue weighted by molar-refractivity contribution is 0.206. The molecule has 0 aliphatic heterocycles. The summed E-state index contributed by atoms with van der Waals surface area (Å²) in [5.74, 6) is 0.0936. The summed E-state index contributed by atoms with van der Waals surface area (Å²) in [6.45, 7) is 1.72. The highest BCUT2D eigenvalue weighted by atomic mass is 32.2. The van der Waals surface area contributed by atoms with Gasteiger partial charge in [-0.25, -0.2) is 18.3 Å². The molecule has 1 aromatic carbocycles. The van der Waals surface area contributed by atoms with Crippen LogP contribution in [0.2, 0.25) is 0 Å². The molecule has 1 atom stereocenters. The van der Waals surface area contributed by atoms with Gasteiger partial charge in [-0.15, -0.1) is 4.36 Å². The van der Waals surface area contributed by atoms with Gasteiger partial charge in [0.1, 0.15) is 0 Å². The van der Waals surface area contributed by atoms with Crippen molar-refractivity contribution in [3.8, 4) is 28.9 Å². The smallest absolute Gasteiger partial charge is 0.440 e. The van der Waals surface area contributed by atoms with E-state index < -0.39 is 16.0 Å². The predicted molar refractivity (Wildman–Crippen MR) is 108 cm³/mol. The number of aromatic nitrogens is 3. The van der Waals surface area contributed by atoms with Gasteiger partial charge in [0.15, 0.2) is 15.7 Å². The maximum atomic E-state index is 13.0. The Bertz CT molecular complexity index is 1260. The molecule has 154 valence electrons. The average molecular weight is 426 g/mol. The number of carboxylic acid groups (broad SMARTS) is 1. The number of benzene rings is 1. The topological polar surface area (TPSA) is 145 Å². The molecule has 2 aromatic heterocycles. The van der Waals surface area contributed by atoms with Crippen molar-refractivity contribution in [1.29, 1.82) is 5.26 Å². The molecule has 3 rings (SSSR count). The fourth-order valence-corrected chi connectivity index (χ4v) is 4.17. The zero-order chi connectivity index (χ0) is 22.1. The van der Waals surface area contributed by atoms with Crippen LogP contribution in [0, 0.1) is 18.3 Å². The standard InChI is InChI=1S/C19H18N6O4S/c1-12-17(14-6-4-13(10-20)5-7-14)18(26)25(22-12)16-9-8-15(11-21-16)30(29,24(2)3)23-19(27)28/h4-9,11,26H,1-3H3,(H,27,28). The van der Waals surface area contributed by atoms with Crippen molar-refractivity contribution in [3.63, 3.8) is 0 Å². The van der Waals surface area contributed by atoms with Crippen molar-refractivity contribution < 1.29 is 19.2 Å². The van der Waals surface area contributed by atoms with Crippen LogP contribution in [0.25, 0.3) is 16.9 Å². The predicted octanol–water partition coefficient (Wildman–Crippen LogP) is 2.80. The van der Waals surface area contributed by atoms with Crippen molar-refractivity contribution >= 4 is 16.0 Å². The second-order valence-corrected chi connectivity index (χ2v) is 8.80. The highest BCUT2D eigenvalue weighted by Crippen LogP contribution is 2.34. The number of pyridine rings is 1. The fraction of sp³-hybridized carbons (Fsp3) is 0.158. The maximum Gasteiger partial charge on any atom is 0.440 e. The van der Waals surface area contributed by atoms with Gasteiger partial charge in [-0.05, 0) is 36.8 Å². The molecule has 0 bridgehead atoms. The summed E-state index contributed by atoms with van der Waals surface area (Å²) >= 11 is 0. The molecular weight excluding hydrogens is 408 g/mol. The molecule has 10 nitrogen and oxygen atoms in total. The van der Waals surface area contributed by atoms with E-state index in [1.165, 1.54) is 41.4 Å². The van der Waals surface area contributed by atoms with E-state index in [-0.39, 0.29) is 16.6 Å². The quantitative estimate of drug-likeness (QED) is 0.652. The Morgan fingerprint density at radius 3 is 2.40 bits per heavy atom. The zero-order valence-corrected chi connectivity index (χ0v) is 17.2. The highest BCUT2D eigenvalue weighted by molar-refractivity contribution is 7.91. The number of hydrogen-bond acceptors (Lipinski definition) is 6. The van der Waals surface area contributed by atoms with Gasteiger partial charge in [-0.1, -0.05) is 12.1 Å². The fourth-order valence-electron chi connectivity index (χ4n) is 2.83. The van der Waals surface area contributed by atoms with Crippen LogP contribution in [0.3, 0.4) is 0 Å². The Kier molecular flexibility index (Phi) is 5.55. The largest absolute Gasteiger partial charge is 0.493 e. The van der Waals surface area contributed by atoms with Crippen LogP contribution in [0.1, 0.15) is 11.3 Å². The summed E-state index contributed by atoms with van der Waals surface area (Å²) in [5.41, 5.74) is 2.21. The first-order valence-corrected chi connectivity index (χ1v) is 10.1. The highest BCUT2D eigenvalue weighted by Gasteiger charge is 2.21.